The Hall–Kier alpha value is -1.22. The van der Waals surface area contributed by atoms with Gasteiger partial charge in [0.2, 0.25) is 0 Å². The largest absolute Gasteiger partial charge is 0.399 e. The maximum absolute atomic E-state index is 5.72. The molecule has 1 aromatic carbocycles. The lowest BCUT2D eigenvalue weighted by molar-refractivity contribution is 0.212. The molecule has 0 aromatic heterocycles. The van der Waals surface area contributed by atoms with Gasteiger partial charge in [-0.2, -0.15) is 0 Å². The molecule has 0 unspecified atom stereocenters. The summed E-state index contributed by atoms with van der Waals surface area (Å²) in [5.41, 5.74) is 7.89. The van der Waals surface area contributed by atoms with Crippen molar-refractivity contribution in [3.05, 3.63) is 24.3 Å². The van der Waals surface area contributed by atoms with Crippen molar-refractivity contribution in [3.8, 4) is 0 Å². The van der Waals surface area contributed by atoms with Crippen molar-refractivity contribution < 1.29 is 0 Å². The van der Waals surface area contributed by atoms with Crippen LogP contribution in [0.25, 0.3) is 0 Å². The Balaban J connectivity index is 1.80. The fourth-order valence-electron chi connectivity index (χ4n) is 3.01. The van der Waals surface area contributed by atoms with E-state index in [4.69, 9.17) is 5.73 Å². The topological polar surface area (TPSA) is 32.5 Å². The van der Waals surface area contributed by atoms with Crippen LogP contribution >= 0.6 is 0 Å². The molecule has 0 radical (unpaired) electrons. The Bertz CT molecular complexity index is 359. The van der Waals surface area contributed by atoms with E-state index in [1.807, 2.05) is 12.1 Å². The molecule has 2 fully saturated rings. The van der Waals surface area contributed by atoms with Crippen molar-refractivity contribution in [2.75, 3.05) is 30.8 Å². The maximum atomic E-state index is 5.72. The monoisotopic (exact) mass is 217 g/mol. The molecule has 0 spiro atoms. The molecule has 2 heterocycles. The second-order valence-electron chi connectivity index (χ2n) is 5.05. The van der Waals surface area contributed by atoms with Gasteiger partial charge in [0.15, 0.2) is 0 Å². The van der Waals surface area contributed by atoms with Gasteiger partial charge in [-0.15, -0.1) is 0 Å². The van der Waals surface area contributed by atoms with Gasteiger partial charge in [0, 0.05) is 36.5 Å². The van der Waals surface area contributed by atoms with Gasteiger partial charge in [0.1, 0.15) is 0 Å². The predicted molar refractivity (Wildman–Crippen MR) is 67.6 cm³/mol. The third-order valence-corrected chi connectivity index (χ3v) is 4.11. The predicted octanol–water partition coefficient (Wildman–Crippen LogP) is 1.55. The minimum atomic E-state index is 0.747. The Morgan fingerprint density at radius 1 is 1.06 bits per heavy atom. The summed E-state index contributed by atoms with van der Waals surface area (Å²) in [6, 6.07) is 9.76. The van der Waals surface area contributed by atoms with Crippen molar-refractivity contribution >= 4 is 11.4 Å². The number of hydrogen-bond donors (Lipinski definition) is 1. The van der Waals surface area contributed by atoms with E-state index in [1.165, 1.54) is 18.5 Å². The first-order valence-corrected chi connectivity index (χ1v) is 6.06. The molecule has 2 aliphatic rings. The van der Waals surface area contributed by atoms with Gasteiger partial charge < -0.3 is 10.6 Å². The van der Waals surface area contributed by atoms with Crippen LogP contribution in [0.5, 0.6) is 0 Å². The number of anilines is 2. The molecule has 86 valence electrons. The lowest BCUT2D eigenvalue weighted by Crippen LogP contribution is -2.51. The first-order chi connectivity index (χ1) is 7.74. The molecule has 2 bridgehead atoms. The van der Waals surface area contributed by atoms with E-state index in [0.717, 1.165) is 30.9 Å². The van der Waals surface area contributed by atoms with Crippen molar-refractivity contribution in [1.82, 2.24) is 4.90 Å². The quantitative estimate of drug-likeness (QED) is 0.724. The van der Waals surface area contributed by atoms with E-state index in [9.17, 15) is 0 Å². The second-order valence-corrected chi connectivity index (χ2v) is 5.05. The number of nitrogens with zero attached hydrogens (tertiary/aromatic N) is 2. The summed E-state index contributed by atoms with van der Waals surface area (Å²) in [6.45, 7) is 2.33. The van der Waals surface area contributed by atoms with Crippen LogP contribution in [-0.4, -0.2) is 37.1 Å². The Morgan fingerprint density at radius 3 is 2.19 bits per heavy atom. The highest BCUT2D eigenvalue weighted by Crippen LogP contribution is 2.31. The zero-order valence-corrected chi connectivity index (χ0v) is 9.76. The molecule has 2 atom stereocenters. The molecule has 1 aromatic rings. The summed E-state index contributed by atoms with van der Waals surface area (Å²) in [4.78, 5) is 5.05. The number of nitrogen functional groups attached to an aromatic ring is 1. The van der Waals surface area contributed by atoms with Crippen LogP contribution in [0.1, 0.15) is 12.8 Å². The van der Waals surface area contributed by atoms with Gasteiger partial charge in [-0.25, -0.2) is 0 Å². The Kier molecular flexibility index (Phi) is 2.28. The molecule has 0 aliphatic carbocycles. The average Bonchev–Trinajstić information content (AvgIpc) is 2.54. The minimum Gasteiger partial charge on any atom is -0.399 e. The number of benzene rings is 1. The summed E-state index contributed by atoms with van der Waals surface area (Å²) in [5.74, 6) is 0. The number of likely N-dealkylation sites (N-methyl/N-ethyl adjacent to an activating group) is 1. The first-order valence-electron chi connectivity index (χ1n) is 6.06. The van der Waals surface area contributed by atoms with Crippen LogP contribution in [0.4, 0.5) is 11.4 Å². The third-order valence-electron chi connectivity index (χ3n) is 4.11. The van der Waals surface area contributed by atoms with Crippen LogP contribution in [0, 0.1) is 0 Å². The lowest BCUT2D eigenvalue weighted by atomic mass is 10.1. The van der Waals surface area contributed by atoms with E-state index in [2.05, 4.69) is 29.0 Å². The van der Waals surface area contributed by atoms with Crippen molar-refractivity contribution in [2.24, 2.45) is 0 Å². The molecule has 0 amide bonds. The summed E-state index contributed by atoms with van der Waals surface area (Å²) in [6.07, 6.45) is 2.71. The van der Waals surface area contributed by atoms with E-state index in [0.29, 0.717) is 0 Å². The molecular weight excluding hydrogens is 198 g/mol. The van der Waals surface area contributed by atoms with Crippen molar-refractivity contribution in [1.29, 1.82) is 0 Å². The highest BCUT2D eigenvalue weighted by molar-refractivity contribution is 5.53. The molecule has 2 saturated heterocycles. The molecule has 3 heteroatoms. The van der Waals surface area contributed by atoms with Crippen molar-refractivity contribution in [2.45, 2.75) is 24.9 Å². The fourth-order valence-corrected chi connectivity index (χ4v) is 3.01. The summed E-state index contributed by atoms with van der Waals surface area (Å²) in [5, 5.41) is 0. The zero-order valence-electron chi connectivity index (χ0n) is 9.76. The average molecular weight is 217 g/mol. The molecule has 2 N–H and O–H groups in total. The van der Waals surface area contributed by atoms with Gasteiger partial charge in [-0.05, 0) is 44.2 Å². The number of fused-ring (bicyclic) bond motifs is 2. The molecule has 16 heavy (non-hydrogen) atoms. The summed E-state index contributed by atoms with van der Waals surface area (Å²) in [7, 11) is 2.27. The number of hydrogen-bond acceptors (Lipinski definition) is 3. The number of piperazine rings is 1. The van der Waals surface area contributed by atoms with Crippen LogP contribution in [0.2, 0.25) is 0 Å². The van der Waals surface area contributed by atoms with Crippen molar-refractivity contribution in [3.63, 3.8) is 0 Å². The highest BCUT2D eigenvalue weighted by atomic mass is 15.3. The van der Waals surface area contributed by atoms with Gasteiger partial charge in [-0.3, -0.25) is 4.90 Å². The second kappa shape index (κ2) is 3.67. The Labute approximate surface area is 96.8 Å². The van der Waals surface area contributed by atoms with Gasteiger partial charge in [0.25, 0.3) is 0 Å². The van der Waals surface area contributed by atoms with E-state index < -0.39 is 0 Å². The maximum Gasteiger partial charge on any atom is 0.0368 e. The number of rotatable bonds is 1. The van der Waals surface area contributed by atoms with Gasteiger partial charge in [-0.1, -0.05) is 0 Å². The molecular formula is C13H19N3. The highest BCUT2D eigenvalue weighted by Gasteiger charge is 2.37. The standard InChI is InChI=1S/C13H19N3/c1-15-12-6-7-13(15)9-16(8-12)11-4-2-10(14)3-5-11/h2-5,12-13H,6-9,14H2,1H3/t12-,13+. The van der Waals surface area contributed by atoms with E-state index >= 15 is 0 Å². The van der Waals surface area contributed by atoms with Crippen LogP contribution in [0.3, 0.4) is 0 Å². The Morgan fingerprint density at radius 2 is 1.62 bits per heavy atom. The van der Waals surface area contributed by atoms with Crippen LogP contribution < -0.4 is 10.6 Å². The molecule has 0 saturated carbocycles. The fraction of sp³-hybridized carbons (Fsp3) is 0.538. The van der Waals surface area contributed by atoms with Crippen LogP contribution in [0.15, 0.2) is 24.3 Å². The van der Waals surface area contributed by atoms with Gasteiger partial charge in [0.05, 0.1) is 0 Å². The zero-order chi connectivity index (χ0) is 11.1. The normalized spacial score (nSPS) is 29.7. The van der Waals surface area contributed by atoms with E-state index in [-0.39, 0.29) is 0 Å². The molecule has 3 nitrogen and oxygen atoms in total. The lowest BCUT2D eigenvalue weighted by Gasteiger charge is -2.40. The summed E-state index contributed by atoms with van der Waals surface area (Å²) >= 11 is 0. The summed E-state index contributed by atoms with van der Waals surface area (Å²) < 4.78 is 0. The number of nitrogens with two attached hydrogens (primary N) is 1. The third kappa shape index (κ3) is 1.55. The van der Waals surface area contributed by atoms with Crippen LogP contribution in [-0.2, 0) is 0 Å². The molecule has 2 aliphatic heterocycles. The van der Waals surface area contributed by atoms with Gasteiger partial charge >= 0.3 is 0 Å². The SMILES string of the molecule is CN1[C@@H]2CC[C@H]1CN(c1ccc(N)cc1)C2. The minimum absolute atomic E-state index is 0.747. The molecule has 3 rings (SSSR count). The smallest absolute Gasteiger partial charge is 0.0368 e. The first kappa shape index (κ1) is 9.97. The van der Waals surface area contributed by atoms with E-state index in [1.54, 1.807) is 0 Å².